The van der Waals surface area contributed by atoms with E-state index in [4.69, 9.17) is 37.0 Å². The van der Waals surface area contributed by atoms with E-state index in [1.807, 2.05) is 0 Å². The lowest BCUT2D eigenvalue weighted by Gasteiger charge is -2.21. The zero-order chi connectivity index (χ0) is 59.2. The summed E-state index contributed by atoms with van der Waals surface area (Å²) in [4.78, 5) is 72.0. The molecule has 0 aromatic carbocycles. The van der Waals surface area contributed by atoms with Crippen molar-refractivity contribution in [2.45, 2.75) is 323 Å². The van der Waals surface area contributed by atoms with Crippen LogP contribution in [0, 0.1) is 5.92 Å². The number of carbonyl (C=O) groups excluding carboxylic acids is 4. The first-order valence-electron chi connectivity index (χ1n) is 32.1. The Morgan fingerprint density at radius 2 is 0.575 bits per heavy atom. The van der Waals surface area contributed by atoms with Crippen LogP contribution in [0.15, 0.2) is 0 Å². The summed E-state index contributed by atoms with van der Waals surface area (Å²) in [6.07, 6.45) is 37.6. The van der Waals surface area contributed by atoms with Crippen LogP contribution in [0.1, 0.15) is 304 Å². The van der Waals surface area contributed by atoms with Crippen molar-refractivity contribution >= 4 is 39.5 Å². The van der Waals surface area contributed by atoms with E-state index in [1.54, 1.807) is 0 Å². The number of phosphoric ester groups is 2. The molecule has 0 aliphatic carbocycles. The van der Waals surface area contributed by atoms with Gasteiger partial charge in [0.25, 0.3) is 0 Å². The molecule has 0 amide bonds. The van der Waals surface area contributed by atoms with Gasteiger partial charge in [0, 0.05) is 25.7 Å². The van der Waals surface area contributed by atoms with Gasteiger partial charge in [-0.1, -0.05) is 253 Å². The van der Waals surface area contributed by atoms with Crippen molar-refractivity contribution in [2.24, 2.45) is 5.92 Å². The van der Waals surface area contributed by atoms with Crippen molar-refractivity contribution in [3.8, 4) is 0 Å². The molecule has 0 aromatic heterocycles. The molecule has 0 saturated carbocycles. The summed E-state index contributed by atoms with van der Waals surface area (Å²) in [6.45, 7) is 7.09. The monoisotopic (exact) mass is 1180 g/mol. The number of rotatable bonds is 61. The summed E-state index contributed by atoms with van der Waals surface area (Å²) >= 11 is 0. The number of unbranched alkanes of at least 4 members (excludes halogenated alkanes) is 33. The maximum atomic E-state index is 12.9. The number of carbonyl (C=O) groups is 4. The number of hydrogen-bond donors (Lipinski definition) is 3. The predicted molar refractivity (Wildman–Crippen MR) is 317 cm³/mol. The zero-order valence-electron chi connectivity index (χ0n) is 51.2. The molecule has 0 aliphatic heterocycles. The molecule has 80 heavy (non-hydrogen) atoms. The van der Waals surface area contributed by atoms with Crippen LogP contribution < -0.4 is 0 Å². The van der Waals surface area contributed by atoms with Gasteiger partial charge in [0.15, 0.2) is 12.2 Å². The Bertz CT molecular complexity index is 1570. The van der Waals surface area contributed by atoms with Crippen LogP contribution in [-0.4, -0.2) is 96.7 Å². The highest BCUT2D eigenvalue weighted by Gasteiger charge is 2.30. The summed E-state index contributed by atoms with van der Waals surface area (Å²) < 4.78 is 67.8. The molecule has 3 N–H and O–H groups in total. The molecule has 17 nitrogen and oxygen atoms in total. The van der Waals surface area contributed by atoms with Gasteiger partial charge in [-0.2, -0.15) is 0 Å². The fourth-order valence-electron chi connectivity index (χ4n) is 9.05. The maximum absolute atomic E-state index is 12.9. The molecule has 0 rings (SSSR count). The van der Waals surface area contributed by atoms with Crippen LogP contribution in [0.5, 0.6) is 0 Å². The lowest BCUT2D eigenvalue weighted by Crippen LogP contribution is -2.30. The summed E-state index contributed by atoms with van der Waals surface area (Å²) in [7, 11) is -9.87. The quantitative estimate of drug-likeness (QED) is 0.0222. The standard InChI is InChI=1S/C61H118O17P2/c1-6-9-12-15-18-21-23-25-30-35-40-45-59(64)72-51-57(78-61(66)47-42-37-32-27-26-28-33-38-43-54(4)5)53-76-80(69,70)74-49-55(62)48-73-79(67,68)75-52-56(50-71-58(63)44-39-34-29-20-17-14-11-8-3)77-60(65)46-41-36-31-24-22-19-16-13-10-7-2/h54-57,62H,6-53H2,1-5H3,(H,67,68)(H,69,70)/t55-,56+,57+/m0/s1. The second kappa shape index (κ2) is 55.0. The van der Waals surface area contributed by atoms with Crippen LogP contribution in [0.3, 0.4) is 0 Å². The van der Waals surface area contributed by atoms with Crippen LogP contribution in [0.25, 0.3) is 0 Å². The average molecular weight is 1190 g/mol. The van der Waals surface area contributed by atoms with Gasteiger partial charge < -0.3 is 33.8 Å². The lowest BCUT2D eigenvalue weighted by atomic mass is 10.0. The molecule has 2 unspecified atom stereocenters. The van der Waals surface area contributed by atoms with E-state index in [-0.39, 0.29) is 25.7 Å². The number of hydrogen-bond acceptors (Lipinski definition) is 15. The topological polar surface area (TPSA) is 237 Å². The van der Waals surface area contributed by atoms with E-state index in [2.05, 4.69) is 34.6 Å². The summed E-state index contributed by atoms with van der Waals surface area (Å²) in [5, 5.41) is 10.5. The minimum absolute atomic E-state index is 0.105. The normalized spacial score (nSPS) is 14.3. The number of ether oxygens (including phenoxy) is 4. The van der Waals surface area contributed by atoms with Crippen LogP contribution in [0.2, 0.25) is 0 Å². The molecule has 0 heterocycles. The van der Waals surface area contributed by atoms with Crippen LogP contribution in [0.4, 0.5) is 0 Å². The SMILES string of the molecule is CCCCCCCCCCCCCC(=O)OC[C@H](COP(=O)(O)OC[C@@H](O)COP(=O)(O)OC[C@@H](COC(=O)CCCCCCCCCC)OC(=O)CCCCCCCCCCCC)OC(=O)CCCCCCCCCCC(C)C. The van der Waals surface area contributed by atoms with Gasteiger partial charge in [-0.3, -0.25) is 37.3 Å². The fraction of sp³-hybridized carbons (Fsp3) is 0.934. The molecule has 0 aromatic rings. The van der Waals surface area contributed by atoms with Gasteiger partial charge in [0.05, 0.1) is 26.4 Å². The molecular weight excluding hydrogens is 1070 g/mol. The minimum atomic E-state index is -4.94. The zero-order valence-corrected chi connectivity index (χ0v) is 53.0. The van der Waals surface area contributed by atoms with Gasteiger partial charge in [-0.25, -0.2) is 9.13 Å². The smallest absolute Gasteiger partial charge is 0.462 e. The van der Waals surface area contributed by atoms with Crippen LogP contribution >= 0.6 is 15.6 Å². The molecule has 474 valence electrons. The third kappa shape index (κ3) is 55.3. The Morgan fingerprint density at radius 1 is 0.338 bits per heavy atom. The Kier molecular flexibility index (Phi) is 53.6. The predicted octanol–water partition coefficient (Wildman–Crippen LogP) is 16.6. The largest absolute Gasteiger partial charge is 0.472 e. The Morgan fingerprint density at radius 3 is 0.850 bits per heavy atom. The second-order valence-electron chi connectivity index (χ2n) is 22.6. The van der Waals surface area contributed by atoms with E-state index in [0.717, 1.165) is 102 Å². The van der Waals surface area contributed by atoms with E-state index in [0.29, 0.717) is 25.7 Å². The maximum Gasteiger partial charge on any atom is 0.472 e. The minimum Gasteiger partial charge on any atom is -0.462 e. The van der Waals surface area contributed by atoms with Gasteiger partial charge in [0.2, 0.25) is 0 Å². The van der Waals surface area contributed by atoms with E-state index < -0.39 is 97.5 Å². The highest BCUT2D eigenvalue weighted by molar-refractivity contribution is 7.47. The van der Waals surface area contributed by atoms with Crippen molar-refractivity contribution in [3.05, 3.63) is 0 Å². The fourth-order valence-corrected chi connectivity index (χ4v) is 10.6. The molecule has 0 fully saturated rings. The molecule has 0 bridgehead atoms. The molecule has 19 heteroatoms. The molecule has 0 radical (unpaired) electrons. The first-order valence-corrected chi connectivity index (χ1v) is 35.1. The third-order valence-electron chi connectivity index (χ3n) is 14.0. The summed E-state index contributed by atoms with van der Waals surface area (Å²) in [6, 6.07) is 0. The number of aliphatic hydroxyl groups excluding tert-OH is 1. The van der Waals surface area contributed by atoms with Gasteiger partial charge in [0.1, 0.15) is 19.3 Å². The first kappa shape index (κ1) is 78.1. The summed E-state index contributed by atoms with van der Waals surface area (Å²) in [5.74, 6) is -1.42. The van der Waals surface area contributed by atoms with Gasteiger partial charge in [-0.05, 0) is 31.6 Å². The van der Waals surface area contributed by atoms with Crippen molar-refractivity contribution in [2.75, 3.05) is 39.6 Å². The first-order chi connectivity index (χ1) is 38.5. The lowest BCUT2D eigenvalue weighted by molar-refractivity contribution is -0.161. The number of aliphatic hydroxyl groups is 1. The Hall–Kier alpha value is -1.94. The van der Waals surface area contributed by atoms with Crippen molar-refractivity contribution < 1.29 is 80.2 Å². The van der Waals surface area contributed by atoms with Crippen molar-refractivity contribution in [3.63, 3.8) is 0 Å². The highest BCUT2D eigenvalue weighted by Crippen LogP contribution is 2.45. The Balaban J connectivity index is 5.22. The third-order valence-corrected chi connectivity index (χ3v) is 15.9. The van der Waals surface area contributed by atoms with E-state index >= 15 is 0 Å². The molecular formula is C61H118O17P2. The molecule has 0 saturated heterocycles. The van der Waals surface area contributed by atoms with Crippen molar-refractivity contribution in [1.82, 2.24) is 0 Å². The highest BCUT2D eigenvalue weighted by atomic mass is 31.2. The van der Waals surface area contributed by atoms with Gasteiger partial charge >= 0.3 is 39.5 Å². The molecule has 5 atom stereocenters. The van der Waals surface area contributed by atoms with Crippen LogP contribution in [-0.2, 0) is 65.4 Å². The number of esters is 4. The second-order valence-corrected chi connectivity index (χ2v) is 25.5. The van der Waals surface area contributed by atoms with Gasteiger partial charge in [-0.15, -0.1) is 0 Å². The molecule has 0 spiro atoms. The Labute approximate surface area is 486 Å². The number of phosphoric acid groups is 2. The van der Waals surface area contributed by atoms with Crippen molar-refractivity contribution in [1.29, 1.82) is 0 Å². The van der Waals surface area contributed by atoms with E-state index in [9.17, 15) is 43.2 Å². The summed E-state index contributed by atoms with van der Waals surface area (Å²) in [5.41, 5.74) is 0. The average Bonchev–Trinajstić information content (AvgIpc) is 3.42. The molecule has 0 aliphatic rings. The van der Waals surface area contributed by atoms with E-state index in [1.165, 1.54) is 122 Å².